The van der Waals surface area contributed by atoms with E-state index in [1.165, 1.54) is 19.2 Å². The van der Waals surface area contributed by atoms with E-state index >= 15 is 0 Å². The van der Waals surface area contributed by atoms with Crippen molar-refractivity contribution in [3.8, 4) is 5.75 Å². The Bertz CT molecular complexity index is 400. The van der Waals surface area contributed by atoms with E-state index in [1.807, 2.05) is 6.92 Å². The molecule has 0 amide bonds. The number of aliphatic hydroxyl groups excluding tert-OH is 1. The number of methoxy groups -OCH3 is 1. The summed E-state index contributed by atoms with van der Waals surface area (Å²) in [7, 11) is 1.41. The standard InChI is InChI=1S/C13H17FO3/c1-13(6-3-7-17-13)12(15)9-4-5-11(16-2)10(14)8-9/h4-5,8,12,15H,3,6-7H2,1-2H3. The highest BCUT2D eigenvalue weighted by molar-refractivity contribution is 5.31. The van der Waals surface area contributed by atoms with Gasteiger partial charge >= 0.3 is 0 Å². The van der Waals surface area contributed by atoms with Crippen molar-refractivity contribution in [2.24, 2.45) is 0 Å². The Morgan fingerprint density at radius 2 is 2.29 bits per heavy atom. The number of aliphatic hydroxyl groups is 1. The van der Waals surface area contributed by atoms with E-state index in [2.05, 4.69) is 0 Å². The molecule has 1 aromatic rings. The smallest absolute Gasteiger partial charge is 0.165 e. The van der Waals surface area contributed by atoms with Crippen molar-refractivity contribution in [1.82, 2.24) is 0 Å². The number of benzene rings is 1. The third kappa shape index (κ3) is 2.28. The van der Waals surface area contributed by atoms with E-state index in [9.17, 15) is 9.50 Å². The molecule has 0 spiro atoms. The second kappa shape index (κ2) is 4.63. The number of hydrogen-bond acceptors (Lipinski definition) is 3. The molecule has 1 saturated heterocycles. The van der Waals surface area contributed by atoms with Gasteiger partial charge < -0.3 is 14.6 Å². The molecule has 1 fully saturated rings. The van der Waals surface area contributed by atoms with E-state index in [1.54, 1.807) is 6.07 Å². The number of halogens is 1. The van der Waals surface area contributed by atoms with Gasteiger partial charge in [0, 0.05) is 6.61 Å². The van der Waals surface area contributed by atoms with Crippen LogP contribution in [0.5, 0.6) is 5.75 Å². The lowest BCUT2D eigenvalue weighted by Crippen LogP contribution is -2.31. The van der Waals surface area contributed by atoms with Gasteiger partial charge in [0.2, 0.25) is 0 Å². The summed E-state index contributed by atoms with van der Waals surface area (Å²) in [5.74, 6) is -0.288. The first-order valence-corrected chi connectivity index (χ1v) is 5.72. The first kappa shape index (κ1) is 12.3. The topological polar surface area (TPSA) is 38.7 Å². The zero-order valence-corrected chi connectivity index (χ0v) is 10.1. The largest absolute Gasteiger partial charge is 0.494 e. The minimum atomic E-state index is -0.814. The van der Waals surface area contributed by atoms with Crippen molar-refractivity contribution in [2.75, 3.05) is 13.7 Å². The van der Waals surface area contributed by atoms with Crippen LogP contribution in [0.3, 0.4) is 0 Å². The van der Waals surface area contributed by atoms with Gasteiger partial charge in [-0.3, -0.25) is 0 Å². The molecule has 1 aliphatic rings. The molecule has 94 valence electrons. The van der Waals surface area contributed by atoms with Gasteiger partial charge in [0.1, 0.15) is 6.10 Å². The fourth-order valence-corrected chi connectivity index (χ4v) is 2.22. The molecule has 1 aromatic carbocycles. The van der Waals surface area contributed by atoms with Crippen LogP contribution in [0.25, 0.3) is 0 Å². The molecule has 3 nitrogen and oxygen atoms in total. The lowest BCUT2D eigenvalue weighted by molar-refractivity contribution is -0.0797. The molecule has 0 bridgehead atoms. The Morgan fingerprint density at radius 1 is 1.53 bits per heavy atom. The van der Waals surface area contributed by atoms with Crippen molar-refractivity contribution >= 4 is 0 Å². The van der Waals surface area contributed by atoms with Crippen LogP contribution >= 0.6 is 0 Å². The monoisotopic (exact) mass is 240 g/mol. The van der Waals surface area contributed by atoms with Crippen LogP contribution in [0.4, 0.5) is 4.39 Å². The molecule has 0 aliphatic carbocycles. The summed E-state index contributed by atoms with van der Waals surface area (Å²) >= 11 is 0. The Labute approximate surface area is 100 Å². The fourth-order valence-electron chi connectivity index (χ4n) is 2.22. The van der Waals surface area contributed by atoms with Gasteiger partial charge in [-0.1, -0.05) is 6.07 Å². The molecule has 0 aromatic heterocycles. The molecule has 4 heteroatoms. The lowest BCUT2D eigenvalue weighted by atomic mass is 9.90. The summed E-state index contributed by atoms with van der Waals surface area (Å²) in [6.07, 6.45) is 0.888. The minimum Gasteiger partial charge on any atom is -0.494 e. The van der Waals surface area contributed by atoms with Crippen LogP contribution in [0.2, 0.25) is 0 Å². The number of ether oxygens (including phenoxy) is 2. The third-order valence-corrected chi connectivity index (χ3v) is 3.32. The highest BCUT2D eigenvalue weighted by Gasteiger charge is 2.38. The Hall–Kier alpha value is -1.13. The molecule has 2 atom stereocenters. The van der Waals surface area contributed by atoms with E-state index in [-0.39, 0.29) is 5.75 Å². The SMILES string of the molecule is COc1ccc(C(O)C2(C)CCCO2)cc1F. The molecule has 1 aliphatic heterocycles. The maximum absolute atomic E-state index is 13.5. The normalized spacial score (nSPS) is 25.9. The zero-order valence-electron chi connectivity index (χ0n) is 10.1. The predicted octanol–water partition coefficient (Wildman–Crippen LogP) is 2.44. The lowest BCUT2D eigenvalue weighted by Gasteiger charge is -2.29. The van der Waals surface area contributed by atoms with Gasteiger partial charge in [0.25, 0.3) is 0 Å². The second-order valence-corrected chi connectivity index (χ2v) is 4.56. The van der Waals surface area contributed by atoms with Gasteiger partial charge in [-0.25, -0.2) is 4.39 Å². The summed E-state index contributed by atoms with van der Waals surface area (Å²) < 4.78 is 23.9. The van der Waals surface area contributed by atoms with Crippen LogP contribution < -0.4 is 4.74 Å². The van der Waals surface area contributed by atoms with Gasteiger partial charge in [0.15, 0.2) is 11.6 Å². The molecule has 0 saturated carbocycles. The first-order chi connectivity index (χ1) is 8.07. The van der Waals surface area contributed by atoms with E-state index < -0.39 is 17.5 Å². The summed E-state index contributed by atoms with van der Waals surface area (Å²) in [6, 6.07) is 4.49. The van der Waals surface area contributed by atoms with Gasteiger partial charge in [0.05, 0.1) is 12.7 Å². The molecule has 1 heterocycles. The summed E-state index contributed by atoms with van der Waals surface area (Å²) in [4.78, 5) is 0. The van der Waals surface area contributed by atoms with E-state index in [0.29, 0.717) is 12.2 Å². The van der Waals surface area contributed by atoms with Crippen LogP contribution in [0.1, 0.15) is 31.4 Å². The van der Waals surface area contributed by atoms with Crippen LogP contribution in [-0.2, 0) is 4.74 Å². The zero-order chi connectivity index (χ0) is 12.5. The van der Waals surface area contributed by atoms with Gasteiger partial charge in [-0.2, -0.15) is 0 Å². The average Bonchev–Trinajstić information content (AvgIpc) is 2.76. The van der Waals surface area contributed by atoms with Crippen molar-refractivity contribution in [3.05, 3.63) is 29.6 Å². The maximum atomic E-state index is 13.5. The van der Waals surface area contributed by atoms with E-state index in [4.69, 9.17) is 9.47 Å². The first-order valence-electron chi connectivity index (χ1n) is 5.72. The predicted molar refractivity (Wildman–Crippen MR) is 61.5 cm³/mol. The van der Waals surface area contributed by atoms with E-state index in [0.717, 1.165) is 12.8 Å². The highest BCUT2D eigenvalue weighted by Crippen LogP contribution is 2.38. The molecular formula is C13H17FO3. The van der Waals surface area contributed by atoms with Crippen molar-refractivity contribution in [1.29, 1.82) is 0 Å². The van der Waals surface area contributed by atoms with Gasteiger partial charge in [-0.05, 0) is 37.5 Å². The molecule has 2 rings (SSSR count). The Morgan fingerprint density at radius 3 is 2.82 bits per heavy atom. The third-order valence-electron chi connectivity index (χ3n) is 3.32. The quantitative estimate of drug-likeness (QED) is 0.882. The van der Waals surface area contributed by atoms with Crippen molar-refractivity contribution in [3.63, 3.8) is 0 Å². The fraction of sp³-hybridized carbons (Fsp3) is 0.538. The van der Waals surface area contributed by atoms with Crippen LogP contribution in [-0.4, -0.2) is 24.4 Å². The summed E-state index contributed by atoms with van der Waals surface area (Å²) in [5.41, 5.74) is -0.0891. The maximum Gasteiger partial charge on any atom is 0.165 e. The molecular weight excluding hydrogens is 223 g/mol. The number of hydrogen-bond donors (Lipinski definition) is 1. The molecule has 0 radical (unpaired) electrons. The number of rotatable bonds is 3. The second-order valence-electron chi connectivity index (χ2n) is 4.56. The molecule has 1 N–H and O–H groups in total. The highest BCUT2D eigenvalue weighted by atomic mass is 19.1. The average molecular weight is 240 g/mol. The molecule has 2 unspecified atom stereocenters. The van der Waals surface area contributed by atoms with Crippen LogP contribution in [0, 0.1) is 5.82 Å². The Balaban J connectivity index is 2.25. The Kier molecular flexibility index (Phi) is 3.35. The summed E-state index contributed by atoms with van der Waals surface area (Å²) in [6.45, 7) is 2.50. The minimum absolute atomic E-state index is 0.179. The van der Waals surface area contributed by atoms with Crippen molar-refractivity contribution in [2.45, 2.75) is 31.5 Å². The van der Waals surface area contributed by atoms with Crippen LogP contribution in [0.15, 0.2) is 18.2 Å². The molecule has 17 heavy (non-hydrogen) atoms. The van der Waals surface area contributed by atoms with Crippen molar-refractivity contribution < 1.29 is 19.0 Å². The van der Waals surface area contributed by atoms with Gasteiger partial charge in [-0.15, -0.1) is 0 Å². The summed E-state index contributed by atoms with van der Waals surface area (Å²) in [5, 5.41) is 10.2.